The molecule has 2 unspecified atom stereocenters. The molecular weight excluding hydrogens is 473 g/mol. The van der Waals surface area contributed by atoms with Gasteiger partial charge in [-0.1, -0.05) is 23.7 Å². The zero-order valence-corrected chi connectivity index (χ0v) is 18.5. The minimum atomic E-state index is -4.43. The molecule has 2 heterocycles. The highest BCUT2D eigenvalue weighted by molar-refractivity contribution is 6.31. The molecule has 1 N–H and O–H groups in total. The molecule has 34 heavy (non-hydrogen) atoms. The highest BCUT2D eigenvalue weighted by Crippen LogP contribution is 2.42. The lowest BCUT2D eigenvalue weighted by Crippen LogP contribution is -2.14. The Labute approximate surface area is 197 Å². The average Bonchev–Trinajstić information content (AvgIpc) is 3.11. The van der Waals surface area contributed by atoms with Crippen LogP contribution in [0.2, 0.25) is 5.02 Å². The van der Waals surface area contributed by atoms with Crippen LogP contribution in [0.5, 0.6) is 0 Å². The maximum absolute atomic E-state index is 14.2. The van der Waals surface area contributed by atoms with E-state index < -0.39 is 23.4 Å². The van der Waals surface area contributed by atoms with Crippen LogP contribution in [0, 0.1) is 11.6 Å². The fourth-order valence-corrected chi connectivity index (χ4v) is 5.00. The standard InChI is InChI=1S/C25H19ClF5N3/c26-20-9-19-18-8-4-14(24-32-11-16(27)12-33-24)3-7-17(23(18)34-22(19)10-21(20)28)13-1-5-15(6-2-13)25(29,30)31/h1-2,5-6,9-12,14,17,34H,3-4,7-8H2. The van der Waals surface area contributed by atoms with Crippen LogP contribution >= 0.6 is 11.6 Å². The Morgan fingerprint density at radius 2 is 1.65 bits per heavy atom. The number of fused-ring (bicyclic) bond motifs is 3. The summed E-state index contributed by atoms with van der Waals surface area (Å²) in [6.07, 6.45) is 0.363. The summed E-state index contributed by atoms with van der Waals surface area (Å²) in [5, 5.41) is 0.778. The second-order valence-corrected chi connectivity index (χ2v) is 8.98. The first-order chi connectivity index (χ1) is 16.2. The summed E-state index contributed by atoms with van der Waals surface area (Å²) < 4.78 is 66.8. The molecule has 4 aromatic rings. The summed E-state index contributed by atoms with van der Waals surface area (Å²) in [6, 6.07) is 8.05. The highest BCUT2D eigenvalue weighted by atomic mass is 35.5. The highest BCUT2D eigenvalue weighted by Gasteiger charge is 2.32. The van der Waals surface area contributed by atoms with Crippen molar-refractivity contribution >= 4 is 22.5 Å². The monoisotopic (exact) mass is 491 g/mol. The summed E-state index contributed by atoms with van der Waals surface area (Å²) in [7, 11) is 0. The third-order valence-electron chi connectivity index (χ3n) is 6.52. The van der Waals surface area contributed by atoms with E-state index in [0.717, 1.165) is 41.2 Å². The quantitative estimate of drug-likeness (QED) is 0.294. The third kappa shape index (κ3) is 4.27. The van der Waals surface area contributed by atoms with Gasteiger partial charge in [0.25, 0.3) is 0 Å². The van der Waals surface area contributed by atoms with E-state index >= 15 is 0 Å². The molecule has 1 aliphatic rings. The molecule has 0 bridgehead atoms. The van der Waals surface area contributed by atoms with Gasteiger partial charge in [-0.2, -0.15) is 13.2 Å². The molecule has 0 aliphatic heterocycles. The number of nitrogens with zero attached hydrogens (tertiary/aromatic N) is 2. The minimum Gasteiger partial charge on any atom is -0.358 e. The zero-order chi connectivity index (χ0) is 24.0. The lowest BCUT2D eigenvalue weighted by Gasteiger charge is -2.25. The lowest BCUT2D eigenvalue weighted by molar-refractivity contribution is -0.137. The summed E-state index contributed by atoms with van der Waals surface area (Å²) in [6.45, 7) is 0. The van der Waals surface area contributed by atoms with Gasteiger partial charge in [0.2, 0.25) is 0 Å². The zero-order valence-electron chi connectivity index (χ0n) is 17.8. The first kappa shape index (κ1) is 22.8. The molecule has 3 nitrogen and oxygen atoms in total. The maximum Gasteiger partial charge on any atom is 0.416 e. The van der Waals surface area contributed by atoms with Crippen LogP contribution < -0.4 is 0 Å². The molecule has 0 fully saturated rings. The average molecular weight is 492 g/mol. The summed E-state index contributed by atoms with van der Waals surface area (Å²) in [5.41, 5.74) is 2.36. The van der Waals surface area contributed by atoms with Crippen LogP contribution in [0.25, 0.3) is 10.9 Å². The van der Waals surface area contributed by atoms with E-state index in [4.69, 9.17) is 11.6 Å². The van der Waals surface area contributed by atoms with Crippen molar-refractivity contribution in [3.05, 3.63) is 93.7 Å². The third-order valence-corrected chi connectivity index (χ3v) is 6.81. The minimum absolute atomic E-state index is 0.000794. The fourth-order valence-electron chi connectivity index (χ4n) is 4.84. The summed E-state index contributed by atoms with van der Waals surface area (Å²) >= 11 is 6.06. The van der Waals surface area contributed by atoms with Gasteiger partial charge in [0.05, 0.1) is 23.0 Å². The van der Waals surface area contributed by atoms with Gasteiger partial charge in [-0.05, 0) is 61.1 Å². The lowest BCUT2D eigenvalue weighted by atomic mass is 9.80. The first-order valence-corrected chi connectivity index (χ1v) is 11.2. The van der Waals surface area contributed by atoms with Gasteiger partial charge >= 0.3 is 6.18 Å². The molecule has 0 radical (unpaired) electrons. The Kier molecular flexibility index (Phi) is 5.80. The Balaban J connectivity index is 1.60. The number of halogens is 6. The molecule has 2 aromatic carbocycles. The maximum atomic E-state index is 14.2. The van der Waals surface area contributed by atoms with Crippen LogP contribution in [-0.2, 0) is 12.6 Å². The van der Waals surface area contributed by atoms with E-state index in [-0.39, 0.29) is 16.9 Å². The Bertz CT molecular complexity index is 1330. The van der Waals surface area contributed by atoms with Crippen molar-refractivity contribution in [1.29, 1.82) is 0 Å². The molecule has 0 saturated carbocycles. The topological polar surface area (TPSA) is 41.6 Å². The molecule has 2 aromatic heterocycles. The smallest absolute Gasteiger partial charge is 0.358 e. The number of hydrogen-bond donors (Lipinski definition) is 1. The van der Waals surface area contributed by atoms with Crippen LogP contribution in [0.15, 0.2) is 48.8 Å². The molecule has 176 valence electrons. The number of aromatic nitrogens is 3. The molecule has 9 heteroatoms. The van der Waals surface area contributed by atoms with Crippen molar-refractivity contribution < 1.29 is 22.0 Å². The molecule has 0 saturated heterocycles. The number of alkyl halides is 3. The largest absolute Gasteiger partial charge is 0.416 e. The van der Waals surface area contributed by atoms with E-state index in [1.165, 1.54) is 18.2 Å². The van der Waals surface area contributed by atoms with E-state index in [1.807, 2.05) is 0 Å². The number of rotatable bonds is 2. The van der Waals surface area contributed by atoms with E-state index in [9.17, 15) is 22.0 Å². The molecule has 0 spiro atoms. The van der Waals surface area contributed by atoms with Gasteiger partial charge in [0.1, 0.15) is 11.6 Å². The van der Waals surface area contributed by atoms with Crippen molar-refractivity contribution in [1.82, 2.24) is 15.0 Å². The number of hydrogen-bond acceptors (Lipinski definition) is 2. The van der Waals surface area contributed by atoms with Crippen LogP contribution in [0.1, 0.15) is 59.3 Å². The Morgan fingerprint density at radius 1 is 0.941 bits per heavy atom. The van der Waals surface area contributed by atoms with Gasteiger partial charge < -0.3 is 4.98 Å². The first-order valence-electron chi connectivity index (χ1n) is 10.8. The van der Waals surface area contributed by atoms with E-state index in [0.29, 0.717) is 42.6 Å². The van der Waals surface area contributed by atoms with Gasteiger partial charge in [-0.15, -0.1) is 0 Å². The van der Waals surface area contributed by atoms with Gasteiger partial charge in [0.15, 0.2) is 5.82 Å². The number of aromatic amines is 1. The second kappa shape index (κ2) is 8.65. The van der Waals surface area contributed by atoms with Crippen molar-refractivity contribution in [3.63, 3.8) is 0 Å². The van der Waals surface area contributed by atoms with Crippen molar-refractivity contribution in [2.24, 2.45) is 0 Å². The number of nitrogens with one attached hydrogen (secondary N) is 1. The summed E-state index contributed by atoms with van der Waals surface area (Å²) in [5.74, 6) is -0.860. The van der Waals surface area contributed by atoms with Crippen LogP contribution in [0.4, 0.5) is 22.0 Å². The Hall–Kier alpha value is -3.00. The van der Waals surface area contributed by atoms with Gasteiger partial charge in [0, 0.05) is 28.4 Å². The van der Waals surface area contributed by atoms with Crippen molar-refractivity contribution in [3.8, 4) is 0 Å². The van der Waals surface area contributed by atoms with Gasteiger partial charge in [-0.3, -0.25) is 0 Å². The molecule has 0 amide bonds. The van der Waals surface area contributed by atoms with Crippen molar-refractivity contribution in [2.75, 3.05) is 0 Å². The van der Waals surface area contributed by atoms with Crippen LogP contribution in [-0.4, -0.2) is 15.0 Å². The Morgan fingerprint density at radius 3 is 2.32 bits per heavy atom. The predicted octanol–water partition coefficient (Wildman–Crippen LogP) is 7.55. The molecule has 2 atom stereocenters. The number of H-pyrrole nitrogens is 1. The number of benzene rings is 2. The second-order valence-electron chi connectivity index (χ2n) is 8.57. The van der Waals surface area contributed by atoms with Gasteiger partial charge in [-0.25, -0.2) is 18.7 Å². The van der Waals surface area contributed by atoms with E-state index in [2.05, 4.69) is 15.0 Å². The predicted molar refractivity (Wildman–Crippen MR) is 119 cm³/mol. The molecular formula is C25H19ClF5N3. The van der Waals surface area contributed by atoms with Crippen LogP contribution in [0.3, 0.4) is 0 Å². The fraction of sp³-hybridized carbons (Fsp3) is 0.280. The van der Waals surface area contributed by atoms with Crippen molar-refractivity contribution in [2.45, 2.75) is 43.7 Å². The SMILES string of the molecule is Fc1cnc(C2CCc3c([nH]c4cc(F)c(Cl)cc34)C(c3ccc(C(F)(F)F)cc3)CC2)nc1. The molecule has 5 rings (SSSR count). The number of aryl methyl sites for hydroxylation is 1. The summed E-state index contributed by atoms with van der Waals surface area (Å²) in [4.78, 5) is 11.6. The van der Waals surface area contributed by atoms with E-state index in [1.54, 1.807) is 6.07 Å². The molecule has 1 aliphatic carbocycles. The normalized spacial score (nSPS) is 19.0.